The van der Waals surface area contributed by atoms with Gasteiger partial charge in [0, 0.05) is 12.0 Å². The van der Waals surface area contributed by atoms with Crippen LogP contribution in [0.2, 0.25) is 0 Å². The Labute approximate surface area is 127 Å². The molecule has 0 aliphatic heterocycles. The fourth-order valence-electron chi connectivity index (χ4n) is 2.73. The summed E-state index contributed by atoms with van der Waals surface area (Å²) < 4.78 is 2.06. The normalized spacial score (nSPS) is 16.6. The zero-order valence-electron chi connectivity index (χ0n) is 12.0. The molecule has 1 heterocycles. The van der Waals surface area contributed by atoms with Crippen LogP contribution in [0.3, 0.4) is 0 Å². The van der Waals surface area contributed by atoms with E-state index in [2.05, 4.69) is 46.8 Å². The van der Waals surface area contributed by atoms with Crippen LogP contribution in [-0.4, -0.2) is 31.6 Å². The van der Waals surface area contributed by atoms with E-state index in [0.717, 1.165) is 12.2 Å². The summed E-state index contributed by atoms with van der Waals surface area (Å²) >= 11 is 1.23. The molecule has 0 fully saturated rings. The van der Waals surface area contributed by atoms with Crippen molar-refractivity contribution in [3.05, 3.63) is 41.2 Å². The van der Waals surface area contributed by atoms with Crippen LogP contribution in [0.4, 0.5) is 0 Å². The molecule has 6 heteroatoms. The molecule has 0 saturated carbocycles. The summed E-state index contributed by atoms with van der Waals surface area (Å²) in [5.41, 5.74) is 2.67. The van der Waals surface area contributed by atoms with E-state index in [4.69, 9.17) is 5.11 Å². The third-order valence-corrected chi connectivity index (χ3v) is 4.63. The van der Waals surface area contributed by atoms with Gasteiger partial charge in [0.05, 0.1) is 5.75 Å². The number of carbonyl (C=O) groups is 1. The maximum atomic E-state index is 10.7. The highest BCUT2D eigenvalue weighted by Crippen LogP contribution is 2.40. The highest BCUT2D eigenvalue weighted by atomic mass is 32.2. The largest absolute Gasteiger partial charge is 0.481 e. The predicted octanol–water partition coefficient (Wildman–Crippen LogP) is 2.72. The molecule has 1 atom stereocenters. The first-order valence-electron chi connectivity index (χ1n) is 6.95. The molecule has 1 aliphatic carbocycles. The Kier molecular flexibility index (Phi) is 3.71. The number of fused-ring (bicyclic) bond motifs is 1. The van der Waals surface area contributed by atoms with Gasteiger partial charge in [0.15, 0.2) is 5.16 Å². The minimum atomic E-state index is -0.839. The molecule has 2 aromatic rings. The van der Waals surface area contributed by atoms with Gasteiger partial charge in [-0.15, -0.1) is 10.2 Å². The number of hydrogen-bond acceptors (Lipinski definition) is 4. The fourth-order valence-corrected chi connectivity index (χ4v) is 3.52. The summed E-state index contributed by atoms with van der Waals surface area (Å²) in [5.74, 6) is 0.382. The summed E-state index contributed by atoms with van der Waals surface area (Å²) in [6.45, 7) is 4.14. The molecule has 0 saturated heterocycles. The zero-order valence-corrected chi connectivity index (χ0v) is 12.8. The second kappa shape index (κ2) is 5.52. The Morgan fingerprint density at radius 2 is 2.19 bits per heavy atom. The van der Waals surface area contributed by atoms with Gasteiger partial charge in [-0.25, -0.2) is 0 Å². The molecular weight excluding hydrogens is 286 g/mol. The molecule has 110 valence electrons. The number of carboxylic acid groups (broad SMARTS) is 1. The Morgan fingerprint density at radius 1 is 1.43 bits per heavy atom. The van der Waals surface area contributed by atoms with Gasteiger partial charge in [-0.2, -0.15) is 0 Å². The van der Waals surface area contributed by atoms with Crippen molar-refractivity contribution in [1.82, 2.24) is 14.8 Å². The lowest BCUT2D eigenvalue weighted by Crippen LogP contribution is -2.23. The molecule has 1 unspecified atom stereocenters. The second-order valence-corrected chi connectivity index (χ2v) is 6.38. The fraction of sp³-hybridized carbons (Fsp3) is 0.400. The van der Waals surface area contributed by atoms with Crippen molar-refractivity contribution < 1.29 is 9.90 Å². The molecule has 0 bridgehead atoms. The van der Waals surface area contributed by atoms with Crippen molar-refractivity contribution in [2.45, 2.75) is 37.4 Å². The minimum Gasteiger partial charge on any atom is -0.481 e. The second-order valence-electron chi connectivity index (χ2n) is 5.44. The molecular formula is C15H17N3O2S. The summed E-state index contributed by atoms with van der Waals surface area (Å²) in [5, 5.41) is 18.0. The Bertz CT molecular complexity index is 681. The topological polar surface area (TPSA) is 68.0 Å². The van der Waals surface area contributed by atoms with Crippen LogP contribution in [0, 0.1) is 0 Å². The molecule has 0 spiro atoms. The van der Waals surface area contributed by atoms with Gasteiger partial charge < -0.3 is 9.67 Å². The molecule has 1 aliphatic rings. The summed E-state index contributed by atoms with van der Waals surface area (Å²) in [4.78, 5) is 10.7. The van der Waals surface area contributed by atoms with E-state index in [9.17, 15) is 4.79 Å². The summed E-state index contributed by atoms with van der Waals surface area (Å²) in [6, 6.07) is 8.57. The number of hydrogen-bond donors (Lipinski definition) is 1. The third kappa shape index (κ3) is 2.55. The van der Waals surface area contributed by atoms with Gasteiger partial charge in [-0.3, -0.25) is 4.79 Å². The van der Waals surface area contributed by atoms with Crippen molar-refractivity contribution in [1.29, 1.82) is 0 Å². The van der Waals surface area contributed by atoms with Crippen LogP contribution in [0.25, 0.3) is 0 Å². The lowest BCUT2D eigenvalue weighted by molar-refractivity contribution is -0.133. The number of rotatable bonds is 5. The quantitative estimate of drug-likeness (QED) is 0.860. The van der Waals surface area contributed by atoms with Gasteiger partial charge in [-0.05, 0) is 31.4 Å². The SMILES string of the molecule is CC(C)n1c(SCC(=O)O)nnc1C1Cc2ccccc21. The molecule has 5 nitrogen and oxygen atoms in total. The van der Waals surface area contributed by atoms with E-state index < -0.39 is 5.97 Å². The number of benzene rings is 1. The van der Waals surface area contributed by atoms with Crippen LogP contribution in [0.5, 0.6) is 0 Å². The average molecular weight is 303 g/mol. The van der Waals surface area contributed by atoms with E-state index in [1.54, 1.807) is 0 Å². The maximum Gasteiger partial charge on any atom is 0.313 e. The minimum absolute atomic E-state index is 0.00606. The highest BCUT2D eigenvalue weighted by molar-refractivity contribution is 7.99. The molecule has 1 N–H and O–H groups in total. The van der Waals surface area contributed by atoms with Gasteiger partial charge in [0.1, 0.15) is 5.82 Å². The maximum absolute atomic E-state index is 10.7. The van der Waals surface area contributed by atoms with Crippen LogP contribution >= 0.6 is 11.8 Å². The highest BCUT2D eigenvalue weighted by Gasteiger charge is 2.32. The van der Waals surface area contributed by atoms with E-state index in [1.165, 1.54) is 22.9 Å². The number of aliphatic carboxylic acids is 1. The van der Waals surface area contributed by atoms with Gasteiger partial charge in [0.25, 0.3) is 0 Å². The molecule has 3 rings (SSSR count). The molecule has 0 amide bonds. The molecule has 1 aromatic carbocycles. The first-order chi connectivity index (χ1) is 10.1. The zero-order chi connectivity index (χ0) is 15.0. The predicted molar refractivity (Wildman–Crippen MR) is 80.8 cm³/mol. The van der Waals surface area contributed by atoms with Crippen molar-refractivity contribution in [3.63, 3.8) is 0 Å². The van der Waals surface area contributed by atoms with E-state index >= 15 is 0 Å². The lowest BCUT2D eigenvalue weighted by Gasteiger charge is -2.30. The van der Waals surface area contributed by atoms with Crippen LogP contribution in [0.15, 0.2) is 29.4 Å². The Morgan fingerprint density at radius 3 is 2.86 bits per heavy atom. The van der Waals surface area contributed by atoms with Crippen LogP contribution < -0.4 is 0 Å². The number of aromatic nitrogens is 3. The smallest absolute Gasteiger partial charge is 0.313 e. The average Bonchev–Trinajstić information content (AvgIpc) is 2.81. The first kappa shape index (κ1) is 14.1. The van der Waals surface area contributed by atoms with Crippen molar-refractivity contribution in [2.24, 2.45) is 0 Å². The number of carboxylic acids is 1. The number of nitrogens with zero attached hydrogens (tertiary/aromatic N) is 3. The van der Waals surface area contributed by atoms with Crippen molar-refractivity contribution in [3.8, 4) is 0 Å². The number of thioether (sulfide) groups is 1. The Balaban J connectivity index is 1.92. The van der Waals surface area contributed by atoms with E-state index in [0.29, 0.717) is 5.16 Å². The Hall–Kier alpha value is -1.82. The third-order valence-electron chi connectivity index (χ3n) is 3.70. The molecule has 21 heavy (non-hydrogen) atoms. The van der Waals surface area contributed by atoms with E-state index in [1.807, 2.05) is 6.07 Å². The van der Waals surface area contributed by atoms with Crippen molar-refractivity contribution >= 4 is 17.7 Å². The standard InChI is InChI=1S/C15H17N3O2S/c1-9(2)18-14(16-17-15(18)21-8-13(19)20)12-7-10-5-3-4-6-11(10)12/h3-6,9,12H,7-8H2,1-2H3,(H,19,20). The van der Waals surface area contributed by atoms with Crippen LogP contribution in [-0.2, 0) is 11.2 Å². The monoisotopic (exact) mass is 303 g/mol. The van der Waals surface area contributed by atoms with Gasteiger partial charge in [-0.1, -0.05) is 36.0 Å². The van der Waals surface area contributed by atoms with E-state index in [-0.39, 0.29) is 17.7 Å². The summed E-state index contributed by atoms with van der Waals surface area (Å²) in [6.07, 6.45) is 0.977. The first-order valence-corrected chi connectivity index (χ1v) is 7.93. The summed E-state index contributed by atoms with van der Waals surface area (Å²) in [7, 11) is 0. The van der Waals surface area contributed by atoms with Crippen LogP contribution in [0.1, 0.15) is 42.8 Å². The van der Waals surface area contributed by atoms with Gasteiger partial charge in [0.2, 0.25) is 0 Å². The van der Waals surface area contributed by atoms with Gasteiger partial charge >= 0.3 is 5.97 Å². The molecule has 0 radical (unpaired) electrons. The lowest BCUT2D eigenvalue weighted by atomic mass is 9.77. The van der Waals surface area contributed by atoms with Crippen molar-refractivity contribution in [2.75, 3.05) is 5.75 Å². The molecule has 1 aromatic heterocycles.